The number of hydrogen-bond donors (Lipinski definition) is 0. The Labute approximate surface area is 149 Å². The molecule has 0 spiro atoms. The molecule has 3 fully saturated rings. The Hall–Kier alpha value is -1.50. The monoisotopic (exact) mass is 344 g/mol. The van der Waals surface area contributed by atoms with Gasteiger partial charge in [0.15, 0.2) is 0 Å². The van der Waals surface area contributed by atoms with Gasteiger partial charge in [0.05, 0.1) is 6.10 Å². The summed E-state index contributed by atoms with van der Waals surface area (Å²) in [6, 6.07) is 4.56. The molecule has 4 rings (SSSR count). The lowest BCUT2D eigenvalue weighted by Gasteiger charge is -2.39. The average Bonchev–Trinajstić information content (AvgIpc) is 3.05. The highest BCUT2D eigenvalue weighted by Gasteiger charge is 2.42. The van der Waals surface area contributed by atoms with Crippen LogP contribution in [-0.2, 0) is 16.1 Å². The van der Waals surface area contributed by atoms with E-state index in [-0.39, 0.29) is 18.1 Å². The zero-order valence-electron chi connectivity index (χ0n) is 15.0. The Morgan fingerprint density at radius 2 is 2.04 bits per heavy atom. The molecule has 1 aromatic rings. The van der Waals surface area contributed by atoms with E-state index < -0.39 is 0 Å². The Balaban J connectivity index is 1.33. The van der Waals surface area contributed by atoms with Gasteiger partial charge < -0.3 is 14.5 Å². The third kappa shape index (κ3) is 3.71. The number of ether oxygens (including phenoxy) is 1. The lowest BCUT2D eigenvalue weighted by Crippen LogP contribution is -2.53. The van der Waals surface area contributed by atoms with Crippen molar-refractivity contribution < 1.29 is 9.53 Å². The molecule has 1 amide bonds. The zero-order chi connectivity index (χ0) is 17.2. The number of fused-ring (bicyclic) bond motifs is 1. The van der Waals surface area contributed by atoms with Crippen LogP contribution in [0.25, 0.3) is 0 Å². The predicted molar refractivity (Wildman–Crippen MR) is 95.0 cm³/mol. The molecule has 0 radical (unpaired) electrons. The third-order valence-electron chi connectivity index (χ3n) is 5.86. The Bertz CT molecular complexity index is 588. The van der Waals surface area contributed by atoms with E-state index in [0.29, 0.717) is 6.04 Å². The van der Waals surface area contributed by atoms with E-state index in [1.165, 1.54) is 5.56 Å². The number of piperazine rings is 1. The number of carbonyl (C=O) groups excluding carboxylic acids is 1. The molecule has 3 atom stereocenters. The number of rotatable bonds is 3. The van der Waals surface area contributed by atoms with Gasteiger partial charge in [-0.1, -0.05) is 6.07 Å². The molecule has 0 aromatic carbocycles. The largest absolute Gasteiger partial charge is 0.363 e. The van der Waals surface area contributed by atoms with Crippen LogP contribution in [0.1, 0.15) is 24.8 Å². The van der Waals surface area contributed by atoms with E-state index in [9.17, 15) is 4.79 Å². The number of hydrogen-bond acceptors (Lipinski definition) is 5. The first-order chi connectivity index (χ1) is 12.2. The van der Waals surface area contributed by atoms with Crippen LogP contribution in [-0.4, -0.2) is 83.6 Å². The van der Waals surface area contributed by atoms with Crippen molar-refractivity contribution in [3.05, 3.63) is 30.1 Å². The second kappa shape index (κ2) is 7.40. The highest BCUT2D eigenvalue weighted by atomic mass is 16.5. The van der Waals surface area contributed by atoms with Crippen LogP contribution in [0.15, 0.2) is 24.5 Å². The van der Waals surface area contributed by atoms with Crippen LogP contribution < -0.4 is 0 Å². The molecule has 6 heteroatoms. The SMILES string of the molecule is CN1CCN(C(=O)[C@@H]2CC[C@@H]3[C@@H](CCN3Cc3cccnc3)O2)CC1. The molecule has 0 aliphatic carbocycles. The topological polar surface area (TPSA) is 48.9 Å². The molecule has 3 saturated heterocycles. The Kier molecular flexibility index (Phi) is 5.01. The Morgan fingerprint density at radius 1 is 1.20 bits per heavy atom. The summed E-state index contributed by atoms with van der Waals surface area (Å²) in [5.74, 6) is 0.206. The Morgan fingerprint density at radius 3 is 2.80 bits per heavy atom. The molecule has 0 unspecified atom stereocenters. The van der Waals surface area contributed by atoms with Crippen molar-refractivity contribution in [1.82, 2.24) is 19.7 Å². The van der Waals surface area contributed by atoms with E-state index in [2.05, 4.69) is 27.9 Å². The molecule has 25 heavy (non-hydrogen) atoms. The van der Waals surface area contributed by atoms with Gasteiger partial charge in [-0.25, -0.2) is 0 Å². The standard InChI is InChI=1S/C19H28N4O2/c1-21-9-11-22(12-10-21)19(24)18-5-4-16-17(25-18)6-8-23(16)14-15-3-2-7-20-13-15/h2-3,7,13,16-18H,4-6,8-12,14H2,1H3/t16-,17-,18+/m1/s1. The molecule has 3 aliphatic rings. The fourth-order valence-electron chi connectivity index (χ4n) is 4.35. The van der Waals surface area contributed by atoms with Crippen molar-refractivity contribution in [1.29, 1.82) is 0 Å². The number of nitrogens with zero attached hydrogens (tertiary/aromatic N) is 4. The highest BCUT2D eigenvalue weighted by molar-refractivity contribution is 5.81. The molecular formula is C19H28N4O2. The van der Waals surface area contributed by atoms with Gasteiger partial charge in [-0.2, -0.15) is 0 Å². The number of likely N-dealkylation sites (tertiary alicyclic amines) is 1. The van der Waals surface area contributed by atoms with Crippen LogP contribution in [0.2, 0.25) is 0 Å². The molecule has 0 saturated carbocycles. The maximum Gasteiger partial charge on any atom is 0.251 e. The van der Waals surface area contributed by atoms with Gasteiger partial charge in [-0.3, -0.25) is 14.7 Å². The minimum atomic E-state index is -0.233. The summed E-state index contributed by atoms with van der Waals surface area (Å²) < 4.78 is 6.26. The van der Waals surface area contributed by atoms with Crippen LogP contribution in [0, 0.1) is 0 Å². The van der Waals surface area contributed by atoms with Gasteiger partial charge >= 0.3 is 0 Å². The van der Waals surface area contributed by atoms with Crippen LogP contribution >= 0.6 is 0 Å². The summed E-state index contributed by atoms with van der Waals surface area (Å²) >= 11 is 0. The first kappa shape index (κ1) is 16.9. The van der Waals surface area contributed by atoms with Crippen molar-refractivity contribution in [2.45, 2.75) is 44.1 Å². The maximum atomic E-state index is 12.8. The van der Waals surface area contributed by atoms with Crippen LogP contribution in [0.3, 0.4) is 0 Å². The first-order valence-electron chi connectivity index (χ1n) is 9.46. The van der Waals surface area contributed by atoms with Gasteiger partial charge in [-0.15, -0.1) is 0 Å². The number of carbonyl (C=O) groups is 1. The number of pyridine rings is 1. The van der Waals surface area contributed by atoms with Gasteiger partial charge in [0.25, 0.3) is 5.91 Å². The second-order valence-electron chi connectivity index (χ2n) is 7.56. The summed E-state index contributed by atoms with van der Waals surface area (Å²) in [5, 5.41) is 0. The smallest absolute Gasteiger partial charge is 0.251 e. The average molecular weight is 344 g/mol. The summed E-state index contributed by atoms with van der Waals surface area (Å²) in [7, 11) is 2.11. The van der Waals surface area contributed by atoms with Crippen molar-refractivity contribution in [3.8, 4) is 0 Å². The van der Waals surface area contributed by atoms with Crippen molar-refractivity contribution >= 4 is 5.91 Å². The molecule has 1 aromatic heterocycles. The summed E-state index contributed by atoms with van der Waals surface area (Å²) in [5.41, 5.74) is 1.25. The van der Waals surface area contributed by atoms with E-state index in [1.807, 2.05) is 23.4 Å². The fraction of sp³-hybridized carbons (Fsp3) is 0.684. The third-order valence-corrected chi connectivity index (χ3v) is 5.86. The molecule has 136 valence electrons. The fourth-order valence-corrected chi connectivity index (χ4v) is 4.35. The van der Waals surface area contributed by atoms with E-state index in [1.54, 1.807) is 0 Å². The first-order valence-corrected chi connectivity index (χ1v) is 9.46. The number of amides is 1. The molecular weight excluding hydrogens is 316 g/mol. The van der Waals surface area contributed by atoms with Crippen molar-refractivity contribution in [2.24, 2.45) is 0 Å². The lowest BCUT2D eigenvalue weighted by molar-refractivity contribution is -0.156. The van der Waals surface area contributed by atoms with Gasteiger partial charge in [0.1, 0.15) is 6.10 Å². The predicted octanol–water partition coefficient (Wildman–Crippen LogP) is 0.977. The van der Waals surface area contributed by atoms with E-state index >= 15 is 0 Å². The lowest BCUT2D eigenvalue weighted by atomic mass is 9.98. The second-order valence-corrected chi connectivity index (χ2v) is 7.56. The quantitative estimate of drug-likeness (QED) is 0.818. The van der Waals surface area contributed by atoms with E-state index in [4.69, 9.17) is 4.74 Å². The highest BCUT2D eigenvalue weighted by Crippen LogP contribution is 2.33. The van der Waals surface area contributed by atoms with Crippen LogP contribution in [0.5, 0.6) is 0 Å². The minimum absolute atomic E-state index is 0.201. The number of aromatic nitrogens is 1. The maximum absolute atomic E-state index is 12.8. The summed E-state index contributed by atoms with van der Waals surface area (Å²) in [6.07, 6.45) is 6.64. The van der Waals surface area contributed by atoms with Crippen molar-refractivity contribution in [3.63, 3.8) is 0 Å². The normalized spacial score (nSPS) is 31.1. The van der Waals surface area contributed by atoms with Crippen LogP contribution in [0.4, 0.5) is 0 Å². The van der Waals surface area contributed by atoms with Crippen molar-refractivity contribution in [2.75, 3.05) is 39.8 Å². The molecule has 4 heterocycles. The van der Waals surface area contributed by atoms with E-state index in [0.717, 1.165) is 58.5 Å². The summed E-state index contributed by atoms with van der Waals surface area (Å²) in [4.78, 5) is 23.8. The minimum Gasteiger partial charge on any atom is -0.363 e. The summed E-state index contributed by atoms with van der Waals surface area (Å²) in [6.45, 7) is 5.55. The molecule has 0 N–H and O–H groups in total. The van der Waals surface area contributed by atoms with Gasteiger partial charge in [0, 0.05) is 57.7 Å². The molecule has 0 bridgehead atoms. The van der Waals surface area contributed by atoms with Gasteiger partial charge in [0.2, 0.25) is 0 Å². The molecule has 3 aliphatic heterocycles. The van der Waals surface area contributed by atoms with Gasteiger partial charge in [-0.05, 0) is 37.9 Å². The molecule has 6 nitrogen and oxygen atoms in total. The number of likely N-dealkylation sites (N-methyl/N-ethyl adjacent to an activating group) is 1. The zero-order valence-corrected chi connectivity index (χ0v) is 15.0.